The summed E-state index contributed by atoms with van der Waals surface area (Å²) < 4.78 is 75.3. The number of carbonyl (C=O) groups is 2. The smallest absolute Gasteiger partial charge is 0.302 e. The number of esters is 1. The fourth-order valence-corrected chi connectivity index (χ4v) is 12.9. The van der Waals surface area contributed by atoms with Crippen LogP contribution in [0.15, 0.2) is 12.1 Å². The van der Waals surface area contributed by atoms with Crippen LogP contribution in [0.5, 0.6) is 17.2 Å². The number of aliphatic hydroxyl groups is 5. The first-order valence-corrected chi connectivity index (χ1v) is 21.3. The number of fused-ring (bicyclic) bond motifs is 10. The average molecular weight is 889 g/mol. The van der Waals surface area contributed by atoms with Crippen molar-refractivity contribution in [1.29, 1.82) is 0 Å². The van der Waals surface area contributed by atoms with E-state index in [1.54, 1.807) is 32.9 Å². The number of hydrogen-bond donors (Lipinski definition) is 6. The fourth-order valence-electron chi connectivity index (χ4n) is 12.9. The Hall–Kier alpha value is -3.32. The molecule has 18 atom stereocenters. The van der Waals surface area contributed by atoms with E-state index in [0.29, 0.717) is 5.56 Å². The number of methoxy groups -OCH3 is 3. The molecule has 0 amide bonds. The lowest BCUT2D eigenvalue weighted by molar-refractivity contribution is -0.411. The third kappa shape index (κ3) is 4.68. The number of phenols is 1. The minimum absolute atomic E-state index is 0.0112. The van der Waals surface area contributed by atoms with Crippen LogP contribution in [0, 0.1) is 23.2 Å². The van der Waals surface area contributed by atoms with Crippen LogP contribution in [-0.2, 0) is 52.2 Å². The number of ether oxygens (including phenoxy) is 12. The molecular formula is C43H52O20. The van der Waals surface area contributed by atoms with Crippen molar-refractivity contribution < 1.29 is 97.1 Å². The van der Waals surface area contributed by atoms with E-state index in [1.807, 2.05) is 0 Å². The highest BCUT2D eigenvalue weighted by atomic mass is 16.9. The minimum Gasteiger partial charge on any atom is -0.506 e. The van der Waals surface area contributed by atoms with Crippen LogP contribution in [0.25, 0.3) is 10.8 Å². The molecule has 5 saturated heterocycles. The van der Waals surface area contributed by atoms with Crippen LogP contribution in [0.1, 0.15) is 87.6 Å². The van der Waals surface area contributed by atoms with Crippen molar-refractivity contribution in [2.45, 2.75) is 144 Å². The van der Waals surface area contributed by atoms with Gasteiger partial charge < -0.3 is 87.5 Å². The first-order valence-electron chi connectivity index (χ1n) is 21.3. The normalized spacial score (nSPS) is 48.6. The van der Waals surface area contributed by atoms with Crippen LogP contribution in [0.2, 0.25) is 0 Å². The molecule has 0 aromatic heterocycles. The van der Waals surface area contributed by atoms with Crippen LogP contribution in [0.3, 0.4) is 0 Å². The number of epoxide rings is 1. The van der Waals surface area contributed by atoms with E-state index in [0.717, 1.165) is 0 Å². The summed E-state index contributed by atoms with van der Waals surface area (Å²) in [4.78, 5) is 26.0. The standard InChI is InChI=1S/C43H52O20/c1-15-34(56-18(4)45)37(5)13-25(59-41(15,37)51)57-22-11-21(46)29(47)28-27(22)31(52-6)19-9-10-20-32(26(19)30(28)48)61-42(60-24-12-23-39(49,17(3)44)16(2)40(23,50)58-24)35-33(20)62-43(63-35,36(53-7)54-8)38(42)14-55-38/h9-10,15-17,21-25,33-36,44,46,48-51H,11-14H2,1-8H3. The lowest BCUT2D eigenvalue weighted by Gasteiger charge is -2.59. The number of hydrogen-bond acceptors (Lipinski definition) is 20. The maximum atomic E-state index is 14.1. The monoisotopic (exact) mass is 888 g/mol. The van der Waals surface area contributed by atoms with Gasteiger partial charge in [-0.3, -0.25) is 9.59 Å². The molecular weight excluding hydrogens is 836 g/mol. The van der Waals surface area contributed by atoms with E-state index >= 15 is 0 Å². The Morgan fingerprint density at radius 3 is 2.35 bits per heavy atom. The summed E-state index contributed by atoms with van der Waals surface area (Å²) in [7, 11) is 4.18. The van der Waals surface area contributed by atoms with Crippen molar-refractivity contribution in [2.75, 3.05) is 27.9 Å². The number of benzene rings is 2. The van der Waals surface area contributed by atoms with Gasteiger partial charge >= 0.3 is 5.97 Å². The number of rotatable bonds is 10. The van der Waals surface area contributed by atoms with Gasteiger partial charge in [-0.1, -0.05) is 26.8 Å². The molecule has 20 heteroatoms. The number of aromatic hydroxyl groups is 1. The predicted octanol–water partition coefficient (Wildman–Crippen LogP) is 1.05. The average Bonchev–Trinajstić information content (AvgIpc) is 3.71. The van der Waals surface area contributed by atoms with Gasteiger partial charge in [0.05, 0.1) is 42.3 Å². The second-order valence-electron chi connectivity index (χ2n) is 18.9. The Bertz CT molecular complexity index is 2330. The molecule has 2 saturated carbocycles. The first-order chi connectivity index (χ1) is 29.7. The molecule has 2 bridgehead atoms. The molecule has 2 aromatic rings. The van der Waals surface area contributed by atoms with Gasteiger partial charge in [0, 0.05) is 74.7 Å². The number of Topliss-reactive ketones (excluding diaryl/α,β-unsaturated/α-hetero) is 1. The molecule has 344 valence electrons. The molecule has 7 fully saturated rings. The summed E-state index contributed by atoms with van der Waals surface area (Å²) in [5, 5.41) is 69.3. The summed E-state index contributed by atoms with van der Waals surface area (Å²) in [5.74, 6) is -11.6. The van der Waals surface area contributed by atoms with Gasteiger partial charge in [-0.25, -0.2) is 0 Å². The predicted molar refractivity (Wildman–Crippen MR) is 204 cm³/mol. The SMILES string of the molecule is COc1c2c(c(O)c3c4c(ccc13)C1OC3(C(OC)OC)OC1C(OC1CC5C(O)(O1)C(C)C5(O)C(C)O)(O4)C31CO1)C(=O)C(O)CC2OC1CC2(C)C(OC(C)=O)C(C)C2(O)O1. The van der Waals surface area contributed by atoms with Gasteiger partial charge in [-0.2, -0.15) is 0 Å². The maximum absolute atomic E-state index is 14.1. The van der Waals surface area contributed by atoms with Gasteiger partial charge in [-0.15, -0.1) is 0 Å². The highest BCUT2D eigenvalue weighted by Gasteiger charge is 2.94. The van der Waals surface area contributed by atoms with Crippen LogP contribution >= 0.6 is 0 Å². The molecule has 6 heterocycles. The molecule has 18 unspecified atom stereocenters. The molecule has 0 radical (unpaired) electrons. The van der Waals surface area contributed by atoms with Gasteiger partial charge in [0.25, 0.3) is 11.6 Å². The second kappa shape index (κ2) is 13.0. The fraction of sp³-hybridized carbons (Fsp3) is 0.721. The topological polar surface area (TPSA) is 270 Å². The van der Waals surface area contributed by atoms with Gasteiger partial charge in [-0.05, 0) is 13.0 Å². The summed E-state index contributed by atoms with van der Waals surface area (Å²) in [6.45, 7) is 7.65. The maximum Gasteiger partial charge on any atom is 0.302 e. The van der Waals surface area contributed by atoms with E-state index in [1.165, 1.54) is 35.2 Å². The van der Waals surface area contributed by atoms with E-state index < -0.39 is 131 Å². The number of ketones is 1. The van der Waals surface area contributed by atoms with Crippen LogP contribution in [-0.4, -0.2) is 148 Å². The van der Waals surface area contributed by atoms with Crippen molar-refractivity contribution >= 4 is 22.5 Å². The van der Waals surface area contributed by atoms with E-state index in [4.69, 9.17) is 56.8 Å². The lowest BCUT2D eigenvalue weighted by Crippen LogP contribution is -2.75. The Morgan fingerprint density at radius 2 is 1.71 bits per heavy atom. The van der Waals surface area contributed by atoms with Crippen molar-refractivity contribution in [3.8, 4) is 17.2 Å². The molecule has 6 N–H and O–H groups in total. The van der Waals surface area contributed by atoms with E-state index in [9.17, 15) is 40.2 Å². The lowest BCUT2D eigenvalue weighted by atomic mass is 9.54. The number of carbonyl (C=O) groups excluding carboxylic acids is 2. The van der Waals surface area contributed by atoms with Crippen LogP contribution < -0.4 is 9.47 Å². The molecule has 3 aliphatic carbocycles. The van der Waals surface area contributed by atoms with E-state index in [-0.39, 0.29) is 59.3 Å². The van der Waals surface area contributed by atoms with Gasteiger partial charge in [0.1, 0.15) is 41.2 Å². The van der Waals surface area contributed by atoms with Crippen molar-refractivity contribution in [1.82, 2.24) is 0 Å². The summed E-state index contributed by atoms with van der Waals surface area (Å²) in [6.07, 6.45) is -10.6. The zero-order chi connectivity index (χ0) is 44.9. The zero-order valence-electron chi connectivity index (χ0n) is 35.8. The summed E-state index contributed by atoms with van der Waals surface area (Å²) in [6, 6.07) is 3.34. The molecule has 63 heavy (non-hydrogen) atoms. The Labute approximate surface area is 360 Å². The van der Waals surface area contributed by atoms with Crippen LogP contribution in [0.4, 0.5) is 0 Å². The summed E-state index contributed by atoms with van der Waals surface area (Å²) >= 11 is 0. The third-order valence-electron chi connectivity index (χ3n) is 16.2. The molecule has 20 nitrogen and oxygen atoms in total. The van der Waals surface area contributed by atoms with Crippen molar-refractivity contribution in [3.05, 3.63) is 28.8 Å². The Balaban J connectivity index is 1.02. The van der Waals surface area contributed by atoms with Gasteiger partial charge in [0.15, 0.2) is 36.0 Å². The Kier molecular flexibility index (Phi) is 8.71. The number of phenolic OH excluding ortho intramolecular Hbond substituents is 1. The van der Waals surface area contributed by atoms with Gasteiger partial charge in [0.2, 0.25) is 11.9 Å². The van der Waals surface area contributed by atoms with E-state index in [2.05, 4.69) is 0 Å². The molecule has 11 rings (SSSR count). The highest BCUT2D eigenvalue weighted by Crippen LogP contribution is 2.73. The quantitative estimate of drug-likeness (QED) is 0.111. The third-order valence-corrected chi connectivity index (χ3v) is 16.2. The van der Waals surface area contributed by atoms with Crippen molar-refractivity contribution in [2.24, 2.45) is 23.2 Å². The molecule has 9 aliphatic rings. The molecule has 1 spiro atoms. The highest BCUT2D eigenvalue weighted by molar-refractivity contribution is 6.13. The Morgan fingerprint density at radius 1 is 1.00 bits per heavy atom. The van der Waals surface area contributed by atoms with Crippen molar-refractivity contribution in [3.63, 3.8) is 0 Å². The first kappa shape index (κ1) is 42.3. The zero-order valence-corrected chi connectivity index (χ0v) is 35.8. The second-order valence-corrected chi connectivity index (χ2v) is 18.9. The number of aliphatic hydroxyl groups excluding tert-OH is 2. The minimum atomic E-state index is -2.00. The summed E-state index contributed by atoms with van der Waals surface area (Å²) in [5.41, 5.74) is -4.17. The molecule has 2 aromatic carbocycles. The molecule has 6 aliphatic heterocycles. The largest absolute Gasteiger partial charge is 0.506 e.